The normalized spacial score (nSPS) is 15.1. The van der Waals surface area contributed by atoms with Crippen molar-refractivity contribution in [3.8, 4) is 11.5 Å². The van der Waals surface area contributed by atoms with E-state index < -0.39 is 5.97 Å². The van der Waals surface area contributed by atoms with E-state index in [1.807, 2.05) is 6.07 Å². The van der Waals surface area contributed by atoms with Gasteiger partial charge in [-0.3, -0.25) is 4.79 Å². The van der Waals surface area contributed by atoms with E-state index in [2.05, 4.69) is 5.10 Å². The number of anilines is 1. The summed E-state index contributed by atoms with van der Waals surface area (Å²) in [6.45, 7) is 1.73. The smallest absolute Gasteiger partial charge is 0.335 e. The second-order valence-electron chi connectivity index (χ2n) is 5.83. The van der Waals surface area contributed by atoms with Crippen molar-refractivity contribution in [2.75, 3.05) is 19.2 Å². The van der Waals surface area contributed by atoms with Crippen LogP contribution in [0.15, 0.2) is 53.1 Å². The molecule has 0 bridgehead atoms. The summed E-state index contributed by atoms with van der Waals surface area (Å²) in [5, 5.41) is 14.6. The fourth-order valence-electron chi connectivity index (χ4n) is 2.74. The van der Waals surface area contributed by atoms with Crippen LogP contribution in [0, 0.1) is 0 Å². The molecule has 1 aliphatic heterocycles. The van der Waals surface area contributed by atoms with Gasteiger partial charge in [0.15, 0.2) is 11.5 Å². The van der Waals surface area contributed by atoms with E-state index >= 15 is 0 Å². The van der Waals surface area contributed by atoms with Gasteiger partial charge in [-0.1, -0.05) is 12.1 Å². The minimum absolute atomic E-state index is 0.0884. The Labute approximate surface area is 156 Å². The standard InChI is InChI=1S/C20H18N2O5/c1-12-16(9-13-7-8-17(26-2)18(10-13)27-3)19(23)22(21-12)15-6-4-5-14(11-15)20(24)25/h4-11H,1-3H3,(H,24,25)/b16-9-. The van der Waals surface area contributed by atoms with Gasteiger partial charge in [0, 0.05) is 0 Å². The molecule has 0 spiro atoms. The maximum Gasteiger partial charge on any atom is 0.335 e. The van der Waals surface area contributed by atoms with Gasteiger partial charge in [0.2, 0.25) is 0 Å². The van der Waals surface area contributed by atoms with E-state index in [9.17, 15) is 9.59 Å². The molecule has 27 heavy (non-hydrogen) atoms. The zero-order valence-electron chi connectivity index (χ0n) is 15.1. The average Bonchev–Trinajstić information content (AvgIpc) is 2.96. The molecule has 0 saturated heterocycles. The Bertz CT molecular complexity index is 978. The second-order valence-corrected chi connectivity index (χ2v) is 5.83. The molecule has 7 nitrogen and oxygen atoms in total. The largest absolute Gasteiger partial charge is 0.493 e. The van der Waals surface area contributed by atoms with Gasteiger partial charge in [-0.15, -0.1) is 0 Å². The van der Waals surface area contributed by atoms with Crippen LogP contribution in [0.2, 0.25) is 0 Å². The first-order valence-electron chi connectivity index (χ1n) is 8.11. The molecule has 3 rings (SSSR count). The van der Waals surface area contributed by atoms with Gasteiger partial charge >= 0.3 is 5.97 Å². The first kappa shape index (κ1) is 18.2. The molecule has 0 radical (unpaired) electrons. The zero-order valence-corrected chi connectivity index (χ0v) is 15.1. The van der Waals surface area contributed by atoms with Crippen LogP contribution < -0.4 is 14.5 Å². The van der Waals surface area contributed by atoms with Crippen molar-refractivity contribution in [2.24, 2.45) is 5.10 Å². The van der Waals surface area contributed by atoms with Crippen molar-refractivity contribution in [3.63, 3.8) is 0 Å². The molecule has 1 amide bonds. The molecule has 1 heterocycles. The summed E-state index contributed by atoms with van der Waals surface area (Å²) in [4.78, 5) is 24.0. The van der Waals surface area contributed by atoms with E-state index in [0.29, 0.717) is 28.5 Å². The number of carbonyl (C=O) groups is 2. The molecule has 7 heteroatoms. The minimum atomic E-state index is -1.06. The summed E-state index contributed by atoms with van der Waals surface area (Å²) in [5.74, 6) is -0.247. The topological polar surface area (TPSA) is 88.4 Å². The van der Waals surface area contributed by atoms with Crippen LogP contribution in [0.4, 0.5) is 5.69 Å². The quantitative estimate of drug-likeness (QED) is 0.821. The third kappa shape index (κ3) is 3.52. The molecular formula is C20H18N2O5. The Hall–Kier alpha value is -3.61. The molecule has 1 aliphatic rings. The maximum absolute atomic E-state index is 12.8. The van der Waals surface area contributed by atoms with Crippen LogP contribution in [0.5, 0.6) is 11.5 Å². The monoisotopic (exact) mass is 366 g/mol. The lowest BCUT2D eigenvalue weighted by atomic mass is 10.1. The van der Waals surface area contributed by atoms with Crippen molar-refractivity contribution in [2.45, 2.75) is 6.92 Å². The molecule has 0 aliphatic carbocycles. The number of hydrogen-bond donors (Lipinski definition) is 1. The van der Waals surface area contributed by atoms with Gasteiger partial charge in [-0.25, -0.2) is 4.79 Å². The molecular weight excluding hydrogens is 348 g/mol. The third-order valence-electron chi connectivity index (χ3n) is 4.12. The number of aromatic carboxylic acids is 1. The number of ether oxygens (including phenoxy) is 2. The number of benzene rings is 2. The predicted octanol–water partition coefficient (Wildman–Crippen LogP) is 3.21. The van der Waals surface area contributed by atoms with Crippen LogP contribution >= 0.6 is 0 Å². The number of amides is 1. The predicted molar refractivity (Wildman–Crippen MR) is 102 cm³/mol. The summed E-state index contributed by atoms with van der Waals surface area (Å²) in [7, 11) is 3.09. The van der Waals surface area contributed by atoms with Crippen LogP contribution in [0.3, 0.4) is 0 Å². The number of carboxylic acids is 1. The van der Waals surface area contributed by atoms with E-state index in [4.69, 9.17) is 14.6 Å². The molecule has 0 fully saturated rings. The van der Waals surface area contributed by atoms with Crippen molar-refractivity contribution >= 4 is 29.4 Å². The number of hydrazone groups is 1. The Morgan fingerprint density at radius 2 is 1.85 bits per heavy atom. The number of methoxy groups -OCH3 is 2. The van der Waals surface area contributed by atoms with Crippen LogP contribution in [-0.4, -0.2) is 36.9 Å². The first-order chi connectivity index (χ1) is 12.9. The molecule has 1 N–H and O–H groups in total. The highest BCUT2D eigenvalue weighted by Crippen LogP contribution is 2.30. The van der Waals surface area contributed by atoms with E-state index in [0.717, 1.165) is 5.56 Å². The highest BCUT2D eigenvalue weighted by atomic mass is 16.5. The summed E-state index contributed by atoms with van der Waals surface area (Å²) < 4.78 is 10.5. The SMILES string of the molecule is COc1ccc(/C=C2\C(=O)N(c3cccc(C(=O)O)c3)N=C2C)cc1OC. The van der Waals surface area contributed by atoms with E-state index in [1.54, 1.807) is 51.5 Å². The van der Waals surface area contributed by atoms with Crippen molar-refractivity contribution in [1.29, 1.82) is 0 Å². The lowest BCUT2D eigenvalue weighted by Crippen LogP contribution is -2.21. The maximum atomic E-state index is 12.8. The molecule has 0 saturated carbocycles. The molecule has 2 aromatic carbocycles. The molecule has 0 unspecified atom stereocenters. The van der Waals surface area contributed by atoms with Crippen LogP contribution in [-0.2, 0) is 4.79 Å². The summed E-state index contributed by atoms with van der Waals surface area (Å²) in [5.41, 5.74) is 2.20. The molecule has 138 valence electrons. The summed E-state index contributed by atoms with van der Waals surface area (Å²) >= 11 is 0. The van der Waals surface area contributed by atoms with Crippen molar-refractivity contribution in [3.05, 3.63) is 59.2 Å². The highest BCUT2D eigenvalue weighted by Gasteiger charge is 2.29. The minimum Gasteiger partial charge on any atom is -0.493 e. The van der Waals surface area contributed by atoms with Crippen LogP contribution in [0.25, 0.3) is 6.08 Å². The number of rotatable bonds is 5. The van der Waals surface area contributed by atoms with E-state index in [1.165, 1.54) is 17.1 Å². The van der Waals surface area contributed by atoms with Crippen molar-refractivity contribution in [1.82, 2.24) is 0 Å². The molecule has 2 aromatic rings. The Morgan fingerprint density at radius 1 is 1.11 bits per heavy atom. The molecule has 0 aromatic heterocycles. The first-order valence-corrected chi connectivity index (χ1v) is 8.11. The van der Waals surface area contributed by atoms with Crippen LogP contribution in [0.1, 0.15) is 22.8 Å². The van der Waals surface area contributed by atoms with Gasteiger partial charge in [-0.2, -0.15) is 10.1 Å². The second kappa shape index (κ2) is 7.33. The Balaban J connectivity index is 1.95. The van der Waals surface area contributed by atoms with Gasteiger partial charge in [-0.05, 0) is 48.9 Å². The summed E-state index contributed by atoms with van der Waals surface area (Å²) in [6, 6.07) is 11.4. The Morgan fingerprint density at radius 3 is 2.52 bits per heavy atom. The fourth-order valence-corrected chi connectivity index (χ4v) is 2.74. The van der Waals surface area contributed by atoms with Crippen molar-refractivity contribution < 1.29 is 24.2 Å². The van der Waals surface area contributed by atoms with Gasteiger partial charge in [0.05, 0.1) is 36.8 Å². The average molecular weight is 366 g/mol. The number of carboxylic acid groups (broad SMARTS) is 1. The Kier molecular flexibility index (Phi) is 4.94. The van der Waals surface area contributed by atoms with Gasteiger partial charge < -0.3 is 14.6 Å². The fraction of sp³-hybridized carbons (Fsp3) is 0.150. The lowest BCUT2D eigenvalue weighted by Gasteiger charge is -2.12. The number of nitrogens with zero attached hydrogens (tertiary/aromatic N) is 2. The lowest BCUT2D eigenvalue weighted by molar-refractivity contribution is -0.114. The van der Waals surface area contributed by atoms with Gasteiger partial charge in [0.1, 0.15) is 0 Å². The zero-order chi connectivity index (χ0) is 19.6. The number of carbonyl (C=O) groups excluding carboxylic acids is 1. The number of hydrogen-bond acceptors (Lipinski definition) is 5. The highest BCUT2D eigenvalue weighted by molar-refractivity contribution is 6.32. The molecule has 0 atom stereocenters. The van der Waals surface area contributed by atoms with E-state index in [-0.39, 0.29) is 11.5 Å². The summed E-state index contributed by atoms with van der Waals surface area (Å²) in [6.07, 6.45) is 1.71. The third-order valence-corrected chi connectivity index (χ3v) is 4.12. The van der Waals surface area contributed by atoms with Gasteiger partial charge in [0.25, 0.3) is 5.91 Å².